The van der Waals surface area contributed by atoms with Crippen LogP contribution in [0.2, 0.25) is 0 Å². The van der Waals surface area contributed by atoms with Gasteiger partial charge in [0, 0.05) is 43.7 Å². The lowest BCUT2D eigenvalue weighted by atomic mass is 10.1. The maximum absolute atomic E-state index is 4.84. The molecular weight excluding hydrogens is 322 g/mol. The van der Waals surface area contributed by atoms with Gasteiger partial charge >= 0.3 is 0 Å². The third-order valence-corrected chi connectivity index (χ3v) is 4.62. The summed E-state index contributed by atoms with van der Waals surface area (Å²) in [4.78, 5) is 16.1. The standard InChI is InChI=1S/C21H23N5/c1-3-9-18(10-4-1)21-24-19(23-16-17-8-7-11-22-15-17)14-20(25-21)26-12-5-2-6-13-26/h1,3-4,7-11,14-15H,2,5-6,12-13,16H2,(H,23,24,25). The quantitative estimate of drug-likeness (QED) is 0.753. The molecule has 0 spiro atoms. The number of pyridine rings is 1. The zero-order valence-electron chi connectivity index (χ0n) is 14.8. The van der Waals surface area contributed by atoms with Gasteiger partial charge in [0.05, 0.1) is 0 Å². The van der Waals surface area contributed by atoms with E-state index >= 15 is 0 Å². The van der Waals surface area contributed by atoms with Crippen molar-refractivity contribution in [2.75, 3.05) is 23.3 Å². The molecule has 1 N–H and O–H groups in total. The second-order valence-electron chi connectivity index (χ2n) is 6.56. The number of benzene rings is 1. The van der Waals surface area contributed by atoms with E-state index in [9.17, 15) is 0 Å². The van der Waals surface area contributed by atoms with Gasteiger partial charge in [0.1, 0.15) is 11.6 Å². The number of anilines is 2. The highest BCUT2D eigenvalue weighted by Crippen LogP contribution is 2.25. The maximum Gasteiger partial charge on any atom is 0.163 e. The molecule has 0 saturated carbocycles. The summed E-state index contributed by atoms with van der Waals surface area (Å²) in [6.45, 7) is 2.82. The second-order valence-corrected chi connectivity index (χ2v) is 6.56. The topological polar surface area (TPSA) is 53.9 Å². The van der Waals surface area contributed by atoms with Crippen LogP contribution in [-0.2, 0) is 6.54 Å². The fraction of sp³-hybridized carbons (Fsp3) is 0.286. The van der Waals surface area contributed by atoms with Crippen molar-refractivity contribution in [2.24, 2.45) is 0 Å². The Morgan fingerprint density at radius 1 is 0.923 bits per heavy atom. The summed E-state index contributed by atoms with van der Waals surface area (Å²) in [6.07, 6.45) is 7.42. The first kappa shape index (κ1) is 16.5. The summed E-state index contributed by atoms with van der Waals surface area (Å²) in [5, 5.41) is 3.43. The lowest BCUT2D eigenvalue weighted by molar-refractivity contribution is 0.573. The van der Waals surface area contributed by atoms with Crippen LogP contribution in [0.4, 0.5) is 11.6 Å². The second kappa shape index (κ2) is 7.95. The third kappa shape index (κ3) is 3.99. The molecule has 0 unspecified atom stereocenters. The highest BCUT2D eigenvalue weighted by molar-refractivity contribution is 5.61. The molecule has 1 fully saturated rings. The predicted octanol–water partition coefficient (Wildman–Crippen LogP) is 4.14. The van der Waals surface area contributed by atoms with Crippen molar-refractivity contribution in [3.8, 4) is 11.4 Å². The molecule has 5 heteroatoms. The Labute approximate surface area is 154 Å². The largest absolute Gasteiger partial charge is 0.366 e. The van der Waals surface area contributed by atoms with E-state index in [0.29, 0.717) is 6.54 Å². The van der Waals surface area contributed by atoms with E-state index in [1.165, 1.54) is 19.3 Å². The number of hydrogen-bond acceptors (Lipinski definition) is 5. The van der Waals surface area contributed by atoms with E-state index in [2.05, 4.69) is 39.5 Å². The molecule has 3 heterocycles. The molecule has 0 amide bonds. The molecule has 26 heavy (non-hydrogen) atoms. The van der Waals surface area contributed by atoms with Crippen molar-refractivity contribution in [1.82, 2.24) is 15.0 Å². The van der Waals surface area contributed by atoms with Crippen LogP contribution in [0, 0.1) is 0 Å². The van der Waals surface area contributed by atoms with E-state index in [4.69, 9.17) is 9.97 Å². The monoisotopic (exact) mass is 345 g/mol. The van der Waals surface area contributed by atoms with Crippen LogP contribution >= 0.6 is 0 Å². The smallest absolute Gasteiger partial charge is 0.163 e. The predicted molar refractivity (Wildman–Crippen MR) is 105 cm³/mol. The van der Waals surface area contributed by atoms with Gasteiger partial charge in [-0.25, -0.2) is 9.97 Å². The molecule has 1 aliphatic rings. The highest BCUT2D eigenvalue weighted by atomic mass is 15.2. The number of hydrogen-bond donors (Lipinski definition) is 1. The van der Waals surface area contributed by atoms with Crippen molar-refractivity contribution in [2.45, 2.75) is 25.8 Å². The Morgan fingerprint density at radius 2 is 1.77 bits per heavy atom. The summed E-state index contributed by atoms with van der Waals surface area (Å²) in [7, 11) is 0. The summed E-state index contributed by atoms with van der Waals surface area (Å²) >= 11 is 0. The van der Waals surface area contributed by atoms with Gasteiger partial charge in [-0.15, -0.1) is 0 Å². The van der Waals surface area contributed by atoms with Gasteiger partial charge in [0.2, 0.25) is 0 Å². The van der Waals surface area contributed by atoms with Gasteiger partial charge in [-0.1, -0.05) is 36.4 Å². The summed E-state index contributed by atoms with van der Waals surface area (Å²) in [5.74, 6) is 2.62. The van der Waals surface area contributed by atoms with E-state index in [1.807, 2.05) is 30.5 Å². The van der Waals surface area contributed by atoms with E-state index < -0.39 is 0 Å². The number of rotatable bonds is 5. The normalized spacial score (nSPS) is 14.2. The summed E-state index contributed by atoms with van der Waals surface area (Å²) in [5.41, 5.74) is 2.17. The van der Waals surface area contributed by atoms with E-state index in [1.54, 1.807) is 6.20 Å². The third-order valence-electron chi connectivity index (χ3n) is 4.62. The van der Waals surface area contributed by atoms with Crippen LogP contribution in [-0.4, -0.2) is 28.0 Å². The Bertz CT molecular complexity index is 830. The molecule has 1 aliphatic heterocycles. The molecule has 4 rings (SSSR count). The first-order valence-corrected chi connectivity index (χ1v) is 9.21. The van der Waals surface area contributed by atoms with Crippen molar-refractivity contribution >= 4 is 11.6 Å². The van der Waals surface area contributed by atoms with Crippen molar-refractivity contribution < 1.29 is 0 Å². The zero-order valence-corrected chi connectivity index (χ0v) is 14.8. The molecule has 3 aromatic rings. The molecule has 1 aromatic carbocycles. The molecule has 5 nitrogen and oxygen atoms in total. The van der Waals surface area contributed by atoms with Gasteiger partial charge in [0.15, 0.2) is 5.82 Å². The van der Waals surface area contributed by atoms with Gasteiger partial charge in [-0.2, -0.15) is 0 Å². The van der Waals surface area contributed by atoms with Crippen LogP contribution in [0.1, 0.15) is 24.8 Å². The highest BCUT2D eigenvalue weighted by Gasteiger charge is 2.15. The van der Waals surface area contributed by atoms with Crippen LogP contribution in [0.15, 0.2) is 60.9 Å². The Kier molecular flexibility index (Phi) is 5.05. The molecular formula is C21H23N5. The molecule has 2 aromatic heterocycles. The lowest BCUT2D eigenvalue weighted by Gasteiger charge is -2.28. The average molecular weight is 345 g/mol. The van der Waals surface area contributed by atoms with Crippen LogP contribution in [0.3, 0.4) is 0 Å². The van der Waals surface area contributed by atoms with Crippen molar-refractivity contribution in [3.63, 3.8) is 0 Å². The minimum atomic E-state index is 0.693. The first-order chi connectivity index (χ1) is 12.9. The SMILES string of the molecule is c1ccc(-c2nc(NCc3cccnc3)cc(N3CCCCC3)n2)cc1. The van der Waals surface area contributed by atoms with Crippen molar-refractivity contribution in [3.05, 3.63) is 66.5 Å². The molecule has 0 radical (unpaired) electrons. The number of nitrogens with one attached hydrogen (secondary N) is 1. The maximum atomic E-state index is 4.84. The Hall–Kier alpha value is -2.95. The van der Waals surface area contributed by atoms with Crippen molar-refractivity contribution in [1.29, 1.82) is 0 Å². The summed E-state index contributed by atoms with van der Waals surface area (Å²) < 4.78 is 0. The molecule has 0 bridgehead atoms. The minimum absolute atomic E-state index is 0.693. The van der Waals surface area contributed by atoms with Gasteiger partial charge in [-0.05, 0) is 30.9 Å². The fourth-order valence-corrected chi connectivity index (χ4v) is 3.22. The van der Waals surface area contributed by atoms with Gasteiger partial charge < -0.3 is 10.2 Å². The van der Waals surface area contributed by atoms with Gasteiger partial charge in [0.25, 0.3) is 0 Å². The number of piperidine rings is 1. The average Bonchev–Trinajstić information content (AvgIpc) is 2.74. The van der Waals surface area contributed by atoms with Crippen LogP contribution in [0.5, 0.6) is 0 Å². The van der Waals surface area contributed by atoms with E-state index in [-0.39, 0.29) is 0 Å². The Morgan fingerprint density at radius 3 is 2.54 bits per heavy atom. The molecule has 1 saturated heterocycles. The van der Waals surface area contributed by atoms with Crippen LogP contribution in [0.25, 0.3) is 11.4 Å². The first-order valence-electron chi connectivity index (χ1n) is 9.21. The van der Waals surface area contributed by atoms with Crippen LogP contribution < -0.4 is 10.2 Å². The number of nitrogens with zero attached hydrogens (tertiary/aromatic N) is 4. The fourth-order valence-electron chi connectivity index (χ4n) is 3.22. The minimum Gasteiger partial charge on any atom is -0.366 e. The van der Waals surface area contributed by atoms with Gasteiger partial charge in [-0.3, -0.25) is 4.98 Å². The number of aromatic nitrogens is 3. The molecule has 0 aliphatic carbocycles. The van der Waals surface area contributed by atoms with E-state index in [0.717, 1.165) is 41.7 Å². The summed E-state index contributed by atoms with van der Waals surface area (Å²) in [6, 6.07) is 16.2. The molecule has 0 atom stereocenters. The zero-order chi connectivity index (χ0) is 17.6. The Balaban J connectivity index is 1.63. The molecule has 132 valence electrons. The lowest BCUT2D eigenvalue weighted by Crippen LogP contribution is -2.30.